The summed E-state index contributed by atoms with van der Waals surface area (Å²) in [6.07, 6.45) is -0.268. The minimum atomic E-state index is -1.27. The van der Waals surface area contributed by atoms with Gasteiger partial charge in [-0.05, 0) is 26.0 Å². The molecule has 0 aliphatic heterocycles. The van der Waals surface area contributed by atoms with Crippen LogP contribution in [0, 0.1) is 0 Å². The molecule has 0 spiro atoms. The Hall–Kier alpha value is -2.57. The minimum Gasteiger partial charge on any atom is -0.492 e. The smallest absolute Gasteiger partial charge is 0.326 e. The van der Waals surface area contributed by atoms with Crippen LogP contribution in [0.1, 0.15) is 20.3 Å². The standard InChI is InChI=1S/C14H18N2O5/c1-3-21-12-7-5-4-6-10(12)15-14(20)16-11(13(18)19)8-9(2)17/h4-7,11H,3,8H2,1-2H3,(H,18,19)(H2,15,16,20). The molecule has 3 N–H and O–H groups in total. The fraction of sp³-hybridized carbons (Fsp3) is 0.357. The van der Waals surface area contributed by atoms with Gasteiger partial charge in [-0.1, -0.05) is 12.1 Å². The number of carboxylic acid groups (broad SMARTS) is 1. The first kappa shape index (κ1) is 16.5. The molecule has 1 rings (SSSR count). The zero-order chi connectivity index (χ0) is 15.8. The lowest BCUT2D eigenvalue weighted by molar-refractivity contribution is -0.140. The third-order valence-electron chi connectivity index (χ3n) is 2.53. The number of amides is 2. The van der Waals surface area contributed by atoms with Crippen molar-refractivity contribution in [2.45, 2.75) is 26.3 Å². The van der Waals surface area contributed by atoms with Crippen molar-refractivity contribution in [1.82, 2.24) is 5.32 Å². The van der Waals surface area contributed by atoms with Crippen LogP contribution in [0.3, 0.4) is 0 Å². The van der Waals surface area contributed by atoms with E-state index in [1.54, 1.807) is 24.3 Å². The minimum absolute atomic E-state index is 0.268. The number of para-hydroxylation sites is 2. The maximum absolute atomic E-state index is 11.8. The van der Waals surface area contributed by atoms with Gasteiger partial charge in [0, 0.05) is 6.42 Å². The highest BCUT2D eigenvalue weighted by atomic mass is 16.5. The predicted octanol–water partition coefficient (Wildman–Crippen LogP) is 1.64. The van der Waals surface area contributed by atoms with Crippen LogP contribution in [-0.2, 0) is 9.59 Å². The maximum Gasteiger partial charge on any atom is 0.326 e. The molecule has 0 heterocycles. The van der Waals surface area contributed by atoms with E-state index in [4.69, 9.17) is 9.84 Å². The van der Waals surface area contributed by atoms with Gasteiger partial charge in [0.15, 0.2) is 0 Å². The van der Waals surface area contributed by atoms with E-state index < -0.39 is 18.0 Å². The van der Waals surface area contributed by atoms with Crippen molar-refractivity contribution < 1.29 is 24.2 Å². The second-order valence-corrected chi connectivity index (χ2v) is 4.32. The Bertz CT molecular complexity index is 530. The summed E-state index contributed by atoms with van der Waals surface area (Å²) in [5.41, 5.74) is 0.420. The van der Waals surface area contributed by atoms with Gasteiger partial charge in [-0.2, -0.15) is 0 Å². The number of hydrogen-bond acceptors (Lipinski definition) is 4. The summed E-state index contributed by atoms with van der Waals surface area (Å²) in [5, 5.41) is 13.7. The highest BCUT2D eigenvalue weighted by Crippen LogP contribution is 2.23. The van der Waals surface area contributed by atoms with Gasteiger partial charge in [-0.15, -0.1) is 0 Å². The second-order valence-electron chi connectivity index (χ2n) is 4.32. The molecule has 2 amide bonds. The summed E-state index contributed by atoms with van der Waals surface area (Å²) in [5.74, 6) is -1.11. The second kappa shape index (κ2) is 7.88. The monoisotopic (exact) mass is 294 g/mol. The maximum atomic E-state index is 11.8. The molecular weight excluding hydrogens is 276 g/mol. The molecule has 0 aliphatic rings. The molecule has 0 saturated carbocycles. The van der Waals surface area contributed by atoms with Crippen molar-refractivity contribution in [2.24, 2.45) is 0 Å². The molecule has 0 aromatic heterocycles. The van der Waals surface area contributed by atoms with Crippen LogP contribution in [-0.4, -0.2) is 35.5 Å². The summed E-state index contributed by atoms with van der Waals surface area (Å²) >= 11 is 0. The number of carboxylic acids is 1. The van der Waals surface area contributed by atoms with Crippen LogP contribution in [0.5, 0.6) is 5.75 Å². The SMILES string of the molecule is CCOc1ccccc1NC(=O)NC(CC(C)=O)C(=O)O. The molecule has 0 fully saturated rings. The number of urea groups is 1. The number of anilines is 1. The Balaban J connectivity index is 2.72. The Morgan fingerprint density at radius 2 is 1.95 bits per heavy atom. The van der Waals surface area contributed by atoms with Crippen LogP contribution < -0.4 is 15.4 Å². The Kier molecular flexibility index (Phi) is 6.19. The van der Waals surface area contributed by atoms with Gasteiger partial charge in [-0.3, -0.25) is 4.79 Å². The average Bonchev–Trinajstić information content (AvgIpc) is 2.40. The van der Waals surface area contributed by atoms with Crippen molar-refractivity contribution in [3.8, 4) is 5.75 Å². The average molecular weight is 294 g/mol. The van der Waals surface area contributed by atoms with Gasteiger partial charge in [0.2, 0.25) is 0 Å². The number of carbonyl (C=O) groups excluding carboxylic acids is 2. The molecule has 0 saturated heterocycles. The van der Waals surface area contributed by atoms with Gasteiger partial charge < -0.3 is 20.5 Å². The number of rotatable bonds is 7. The highest BCUT2D eigenvalue weighted by molar-refractivity contribution is 5.94. The van der Waals surface area contributed by atoms with Gasteiger partial charge in [0.1, 0.15) is 17.6 Å². The number of Topliss-reactive ketones (excluding diaryl/α,β-unsaturated/α-hetero) is 1. The quantitative estimate of drug-likeness (QED) is 0.709. The van der Waals surface area contributed by atoms with Crippen molar-refractivity contribution >= 4 is 23.5 Å². The summed E-state index contributed by atoms with van der Waals surface area (Å²) in [6, 6.07) is 4.80. The zero-order valence-electron chi connectivity index (χ0n) is 11.9. The summed E-state index contributed by atoms with van der Waals surface area (Å²) in [4.78, 5) is 33.8. The summed E-state index contributed by atoms with van der Waals surface area (Å²) in [7, 11) is 0. The van der Waals surface area contributed by atoms with E-state index in [-0.39, 0.29) is 12.2 Å². The number of ether oxygens (including phenoxy) is 1. The molecule has 1 unspecified atom stereocenters. The number of ketones is 1. The summed E-state index contributed by atoms with van der Waals surface area (Å²) in [6.45, 7) is 3.51. The third kappa shape index (κ3) is 5.52. The van der Waals surface area contributed by atoms with E-state index in [0.29, 0.717) is 18.0 Å². The molecule has 0 radical (unpaired) electrons. The lowest BCUT2D eigenvalue weighted by atomic mass is 10.1. The first-order valence-corrected chi connectivity index (χ1v) is 6.45. The van der Waals surface area contributed by atoms with Gasteiger partial charge in [-0.25, -0.2) is 9.59 Å². The molecule has 0 aliphatic carbocycles. The lowest BCUT2D eigenvalue weighted by Gasteiger charge is -2.15. The predicted molar refractivity (Wildman–Crippen MR) is 76.5 cm³/mol. The molecule has 1 atom stereocenters. The Labute approximate surface area is 122 Å². The van der Waals surface area contributed by atoms with Crippen molar-refractivity contribution in [2.75, 3.05) is 11.9 Å². The van der Waals surface area contributed by atoms with E-state index in [1.807, 2.05) is 6.92 Å². The zero-order valence-corrected chi connectivity index (χ0v) is 11.9. The molecule has 114 valence electrons. The Morgan fingerprint density at radius 3 is 2.52 bits per heavy atom. The van der Waals surface area contributed by atoms with Crippen LogP contribution in [0.2, 0.25) is 0 Å². The normalized spacial score (nSPS) is 11.3. The molecular formula is C14H18N2O5. The van der Waals surface area contributed by atoms with Gasteiger partial charge >= 0.3 is 12.0 Å². The topological polar surface area (TPSA) is 105 Å². The van der Waals surface area contributed by atoms with E-state index >= 15 is 0 Å². The highest BCUT2D eigenvalue weighted by Gasteiger charge is 2.21. The van der Waals surface area contributed by atoms with Crippen LogP contribution >= 0.6 is 0 Å². The van der Waals surface area contributed by atoms with Crippen LogP contribution in [0.25, 0.3) is 0 Å². The van der Waals surface area contributed by atoms with Crippen LogP contribution in [0.4, 0.5) is 10.5 Å². The van der Waals surface area contributed by atoms with Crippen LogP contribution in [0.15, 0.2) is 24.3 Å². The molecule has 1 aromatic rings. The largest absolute Gasteiger partial charge is 0.492 e. The number of carbonyl (C=O) groups is 3. The third-order valence-corrected chi connectivity index (χ3v) is 2.53. The Morgan fingerprint density at radius 1 is 1.29 bits per heavy atom. The van der Waals surface area contributed by atoms with Crippen molar-refractivity contribution in [3.05, 3.63) is 24.3 Å². The molecule has 1 aromatic carbocycles. The van der Waals surface area contributed by atoms with Crippen molar-refractivity contribution in [1.29, 1.82) is 0 Å². The fourth-order valence-corrected chi connectivity index (χ4v) is 1.66. The summed E-state index contributed by atoms with van der Waals surface area (Å²) < 4.78 is 5.34. The van der Waals surface area contributed by atoms with E-state index in [1.165, 1.54) is 6.92 Å². The number of benzene rings is 1. The first-order valence-electron chi connectivity index (χ1n) is 6.45. The van der Waals surface area contributed by atoms with Gasteiger partial charge in [0.05, 0.1) is 12.3 Å². The lowest BCUT2D eigenvalue weighted by Crippen LogP contribution is -2.44. The van der Waals surface area contributed by atoms with Crippen molar-refractivity contribution in [3.63, 3.8) is 0 Å². The molecule has 7 heteroatoms. The first-order chi connectivity index (χ1) is 9.93. The van der Waals surface area contributed by atoms with E-state index in [9.17, 15) is 14.4 Å². The van der Waals surface area contributed by atoms with E-state index in [0.717, 1.165) is 0 Å². The van der Waals surface area contributed by atoms with Gasteiger partial charge in [0.25, 0.3) is 0 Å². The number of hydrogen-bond donors (Lipinski definition) is 3. The molecule has 21 heavy (non-hydrogen) atoms. The number of nitrogens with one attached hydrogen (secondary N) is 2. The molecule has 0 bridgehead atoms. The van der Waals surface area contributed by atoms with E-state index in [2.05, 4.69) is 10.6 Å². The fourth-order valence-electron chi connectivity index (χ4n) is 1.66. The number of aliphatic carboxylic acids is 1. The molecule has 7 nitrogen and oxygen atoms in total.